The van der Waals surface area contributed by atoms with E-state index in [1.165, 1.54) is 37.7 Å². The summed E-state index contributed by atoms with van der Waals surface area (Å²) in [6.45, 7) is 2.62. The molecule has 2 aromatic rings. The van der Waals surface area contributed by atoms with E-state index in [4.69, 9.17) is 4.74 Å². The van der Waals surface area contributed by atoms with Crippen molar-refractivity contribution in [2.24, 2.45) is 5.92 Å². The van der Waals surface area contributed by atoms with Crippen LogP contribution >= 0.6 is 0 Å². The molecule has 0 radical (unpaired) electrons. The average Bonchev–Trinajstić information content (AvgIpc) is 2.82. The van der Waals surface area contributed by atoms with Crippen molar-refractivity contribution in [1.82, 2.24) is 4.90 Å². The predicted octanol–water partition coefficient (Wildman–Crippen LogP) is 4.62. The number of piperidine rings is 1. The molecule has 1 amide bonds. The molecule has 2 aromatic carbocycles. The van der Waals surface area contributed by atoms with E-state index in [0.29, 0.717) is 22.9 Å². The average molecular weight is 457 g/mol. The number of rotatable bonds is 5. The van der Waals surface area contributed by atoms with Crippen molar-refractivity contribution in [2.75, 3.05) is 25.0 Å². The van der Waals surface area contributed by atoms with Crippen molar-refractivity contribution in [3.8, 4) is 5.75 Å². The zero-order chi connectivity index (χ0) is 22.9. The molecule has 0 bridgehead atoms. The van der Waals surface area contributed by atoms with Crippen LogP contribution in [0, 0.1) is 12.8 Å². The third-order valence-electron chi connectivity index (χ3n) is 7.03. The molecule has 2 atom stereocenters. The number of carbonyl (C=O) groups is 1. The van der Waals surface area contributed by atoms with Crippen LogP contribution in [0.1, 0.15) is 54.4 Å². The molecule has 2 unspecified atom stereocenters. The standard InChI is InChI=1S/C25H32N2O4S/c1-18-14-15-20(32(29,30)26(2)23-12-6-7-13-24(23)31-3)17-21(18)25(28)27-16-8-10-19-9-4-5-11-22(19)27/h6-7,12-15,17,19,22H,4-5,8-11,16H2,1-3H3. The molecule has 2 fully saturated rings. The fourth-order valence-corrected chi connectivity index (χ4v) is 6.43. The SMILES string of the molecule is COc1ccccc1N(C)S(=O)(=O)c1ccc(C)c(C(=O)N2CCCC3CCCCC32)c1. The maximum absolute atomic E-state index is 13.6. The molecule has 1 aliphatic heterocycles. The molecule has 1 aliphatic carbocycles. The molecule has 7 heteroatoms. The summed E-state index contributed by atoms with van der Waals surface area (Å²) < 4.78 is 33.4. The molecule has 0 spiro atoms. The van der Waals surface area contributed by atoms with Gasteiger partial charge < -0.3 is 9.64 Å². The first-order valence-corrected chi connectivity index (χ1v) is 12.8. The maximum Gasteiger partial charge on any atom is 0.264 e. The molecule has 6 nitrogen and oxygen atoms in total. The van der Waals surface area contributed by atoms with Crippen LogP contribution in [0.5, 0.6) is 5.75 Å². The Morgan fingerprint density at radius 1 is 1.06 bits per heavy atom. The highest BCUT2D eigenvalue weighted by Crippen LogP contribution is 2.37. The van der Waals surface area contributed by atoms with E-state index in [1.807, 2.05) is 11.8 Å². The van der Waals surface area contributed by atoms with Gasteiger partial charge in [-0.05, 0) is 68.4 Å². The largest absolute Gasteiger partial charge is 0.495 e. The van der Waals surface area contributed by atoms with Gasteiger partial charge in [0.2, 0.25) is 0 Å². The second-order valence-electron chi connectivity index (χ2n) is 8.87. The fraction of sp³-hybridized carbons (Fsp3) is 0.480. The van der Waals surface area contributed by atoms with Gasteiger partial charge in [-0.2, -0.15) is 0 Å². The molecule has 1 saturated heterocycles. The number of aryl methyl sites for hydroxylation is 1. The van der Waals surface area contributed by atoms with Crippen LogP contribution in [0.4, 0.5) is 5.69 Å². The lowest BCUT2D eigenvalue weighted by molar-refractivity contribution is 0.0390. The van der Waals surface area contributed by atoms with Crippen molar-refractivity contribution in [3.05, 3.63) is 53.6 Å². The Labute approximate surface area is 191 Å². The van der Waals surface area contributed by atoms with E-state index in [0.717, 1.165) is 31.4 Å². The number of hydrogen-bond donors (Lipinski definition) is 0. The van der Waals surface area contributed by atoms with Gasteiger partial charge in [0.25, 0.3) is 15.9 Å². The van der Waals surface area contributed by atoms with Crippen LogP contribution in [0.2, 0.25) is 0 Å². The van der Waals surface area contributed by atoms with Gasteiger partial charge in [0, 0.05) is 25.2 Å². The number of fused-ring (bicyclic) bond motifs is 1. The molecule has 1 saturated carbocycles. The van der Waals surface area contributed by atoms with Gasteiger partial charge >= 0.3 is 0 Å². The zero-order valence-corrected chi connectivity index (χ0v) is 19.9. The third kappa shape index (κ3) is 4.10. The number of ether oxygens (including phenoxy) is 1. The van der Waals surface area contributed by atoms with Crippen LogP contribution in [-0.4, -0.2) is 46.0 Å². The molecule has 0 N–H and O–H groups in total. The van der Waals surface area contributed by atoms with Gasteiger partial charge in [-0.3, -0.25) is 9.10 Å². The van der Waals surface area contributed by atoms with Gasteiger partial charge in [-0.15, -0.1) is 0 Å². The maximum atomic E-state index is 13.6. The van der Waals surface area contributed by atoms with Crippen LogP contribution in [0.3, 0.4) is 0 Å². The Balaban J connectivity index is 1.67. The van der Waals surface area contributed by atoms with Gasteiger partial charge in [0.15, 0.2) is 0 Å². The van der Waals surface area contributed by atoms with E-state index in [2.05, 4.69) is 0 Å². The summed E-state index contributed by atoms with van der Waals surface area (Å²) in [7, 11) is -0.850. The zero-order valence-electron chi connectivity index (χ0n) is 19.1. The molecule has 32 heavy (non-hydrogen) atoms. The Hall–Kier alpha value is -2.54. The predicted molar refractivity (Wildman–Crippen MR) is 126 cm³/mol. The van der Waals surface area contributed by atoms with E-state index >= 15 is 0 Å². The van der Waals surface area contributed by atoms with Crippen LogP contribution in [0.15, 0.2) is 47.4 Å². The minimum atomic E-state index is -3.87. The molecular weight excluding hydrogens is 424 g/mol. The normalized spacial score (nSPS) is 21.0. The topological polar surface area (TPSA) is 66.9 Å². The van der Waals surface area contributed by atoms with Crippen molar-refractivity contribution in [1.29, 1.82) is 0 Å². The number of benzene rings is 2. The van der Waals surface area contributed by atoms with Crippen molar-refractivity contribution in [3.63, 3.8) is 0 Å². The lowest BCUT2D eigenvalue weighted by Crippen LogP contribution is -2.49. The quantitative estimate of drug-likeness (QED) is 0.658. The van der Waals surface area contributed by atoms with Crippen molar-refractivity contribution < 1.29 is 17.9 Å². The fourth-order valence-electron chi connectivity index (χ4n) is 5.20. The van der Waals surface area contributed by atoms with Gasteiger partial charge in [0.05, 0.1) is 17.7 Å². The number of methoxy groups -OCH3 is 1. The Kier molecular flexibility index (Phi) is 6.47. The number of nitrogens with zero attached hydrogens (tertiary/aromatic N) is 2. The van der Waals surface area contributed by atoms with Gasteiger partial charge in [-0.25, -0.2) is 8.42 Å². The number of hydrogen-bond acceptors (Lipinski definition) is 4. The highest BCUT2D eigenvalue weighted by molar-refractivity contribution is 7.92. The lowest BCUT2D eigenvalue weighted by Gasteiger charge is -2.44. The number of sulfonamides is 1. The van der Waals surface area contributed by atoms with Crippen molar-refractivity contribution in [2.45, 2.75) is 56.4 Å². The number of para-hydroxylation sites is 2. The molecule has 2 aliphatic rings. The van der Waals surface area contributed by atoms with Crippen LogP contribution in [0.25, 0.3) is 0 Å². The minimum absolute atomic E-state index is 0.0453. The van der Waals surface area contributed by atoms with Gasteiger partial charge in [-0.1, -0.05) is 31.0 Å². The Bertz CT molecular complexity index is 1100. The highest BCUT2D eigenvalue weighted by Gasteiger charge is 2.36. The smallest absolute Gasteiger partial charge is 0.264 e. The highest BCUT2D eigenvalue weighted by atomic mass is 32.2. The molecule has 4 rings (SSSR count). The number of carbonyl (C=O) groups excluding carboxylic acids is 1. The minimum Gasteiger partial charge on any atom is -0.495 e. The summed E-state index contributed by atoms with van der Waals surface area (Å²) in [5.41, 5.74) is 1.72. The summed E-state index contributed by atoms with van der Waals surface area (Å²) in [6, 6.07) is 12.1. The van der Waals surface area contributed by atoms with Crippen molar-refractivity contribution >= 4 is 21.6 Å². The number of amides is 1. The first-order valence-electron chi connectivity index (χ1n) is 11.4. The second kappa shape index (κ2) is 9.14. The number of anilines is 1. The molecular formula is C25H32N2O4S. The molecule has 1 heterocycles. The van der Waals surface area contributed by atoms with E-state index in [9.17, 15) is 13.2 Å². The van der Waals surface area contributed by atoms with E-state index in [-0.39, 0.29) is 16.8 Å². The second-order valence-corrected chi connectivity index (χ2v) is 10.8. The first-order chi connectivity index (χ1) is 15.3. The first kappa shape index (κ1) is 22.6. The van der Waals surface area contributed by atoms with Crippen LogP contribution < -0.4 is 9.04 Å². The van der Waals surface area contributed by atoms with Gasteiger partial charge in [0.1, 0.15) is 5.75 Å². The Morgan fingerprint density at radius 2 is 1.78 bits per heavy atom. The lowest BCUT2D eigenvalue weighted by atomic mass is 9.78. The Morgan fingerprint density at radius 3 is 2.56 bits per heavy atom. The third-order valence-corrected chi connectivity index (χ3v) is 8.79. The summed E-state index contributed by atoms with van der Waals surface area (Å²) in [5, 5.41) is 0. The summed E-state index contributed by atoms with van der Waals surface area (Å²) in [6.07, 6.45) is 6.83. The summed E-state index contributed by atoms with van der Waals surface area (Å²) in [4.78, 5) is 15.7. The summed E-state index contributed by atoms with van der Waals surface area (Å²) >= 11 is 0. The van der Waals surface area contributed by atoms with E-state index in [1.54, 1.807) is 42.5 Å². The summed E-state index contributed by atoms with van der Waals surface area (Å²) in [5.74, 6) is 1.00. The van der Waals surface area contributed by atoms with Crippen LogP contribution in [-0.2, 0) is 10.0 Å². The monoisotopic (exact) mass is 456 g/mol. The molecule has 0 aromatic heterocycles. The van der Waals surface area contributed by atoms with E-state index < -0.39 is 10.0 Å². The number of likely N-dealkylation sites (tertiary alicyclic amines) is 1. The molecule has 172 valence electrons.